The third-order valence-corrected chi connectivity index (χ3v) is 4.00. The summed E-state index contributed by atoms with van der Waals surface area (Å²) in [5.41, 5.74) is 3.09. The van der Waals surface area contributed by atoms with E-state index in [4.69, 9.17) is 10.5 Å². The van der Waals surface area contributed by atoms with Gasteiger partial charge in [0.25, 0.3) is 0 Å². The fourth-order valence-corrected chi connectivity index (χ4v) is 2.88. The van der Waals surface area contributed by atoms with Crippen molar-refractivity contribution in [2.45, 2.75) is 37.8 Å². The average molecular weight is 346 g/mol. The van der Waals surface area contributed by atoms with Crippen LogP contribution < -0.4 is 5.73 Å². The number of nitrogens with two attached hydrogens (primary N) is 1. The molecule has 1 aromatic carbocycles. The highest BCUT2D eigenvalue weighted by atomic mass is 19.4. The Morgan fingerprint density at radius 2 is 2.00 bits per heavy atom. The second-order valence-electron chi connectivity index (χ2n) is 6.38. The maximum absolute atomic E-state index is 12.8. The molecule has 2 unspecified atom stereocenters. The van der Waals surface area contributed by atoms with E-state index in [1.165, 1.54) is 19.1 Å². The Labute approximate surface area is 138 Å². The van der Waals surface area contributed by atoms with Crippen molar-refractivity contribution in [1.29, 1.82) is 0 Å². The number of rotatable bonds is 4. The average Bonchev–Trinajstić information content (AvgIpc) is 2.45. The van der Waals surface area contributed by atoms with E-state index in [0.29, 0.717) is 6.54 Å². The first-order chi connectivity index (χ1) is 11.0. The molecule has 0 spiro atoms. The molecule has 0 radical (unpaired) electrons. The number of alkyl halides is 3. The number of carbonyl (C=O) groups is 1. The van der Waals surface area contributed by atoms with Gasteiger partial charge in [0.15, 0.2) is 0 Å². The number of carbonyl (C=O) groups excluding carboxylic acids is 1. The zero-order valence-corrected chi connectivity index (χ0v) is 13.5. The van der Waals surface area contributed by atoms with E-state index in [2.05, 4.69) is 0 Å². The number of hydrogen-bond donors (Lipinski definition) is 2. The minimum Gasteiger partial charge on any atom is -0.384 e. The lowest BCUT2D eigenvalue weighted by Crippen LogP contribution is -2.54. The predicted molar refractivity (Wildman–Crippen MR) is 81.0 cm³/mol. The highest BCUT2D eigenvalue weighted by Crippen LogP contribution is 2.32. The second kappa shape index (κ2) is 6.70. The first kappa shape index (κ1) is 18.7. The van der Waals surface area contributed by atoms with Gasteiger partial charge in [-0.05, 0) is 31.5 Å². The van der Waals surface area contributed by atoms with Gasteiger partial charge in [0.2, 0.25) is 5.91 Å². The van der Waals surface area contributed by atoms with Crippen LogP contribution in [0.4, 0.5) is 13.2 Å². The van der Waals surface area contributed by atoms with Crippen LogP contribution >= 0.6 is 0 Å². The summed E-state index contributed by atoms with van der Waals surface area (Å²) in [6, 6.07) is 4.61. The van der Waals surface area contributed by atoms with Crippen LogP contribution in [0.15, 0.2) is 24.3 Å². The number of aliphatic hydroxyl groups is 1. The number of β-amino-alcohol motifs (C(OH)–C–C–N with tert-alkyl or cyclic N) is 1. The summed E-state index contributed by atoms with van der Waals surface area (Å²) in [4.78, 5) is 13.1. The second-order valence-corrected chi connectivity index (χ2v) is 6.38. The molecule has 134 valence electrons. The normalized spacial score (nSPS) is 25.2. The van der Waals surface area contributed by atoms with Crippen LogP contribution in [-0.2, 0) is 21.3 Å². The molecule has 0 aromatic heterocycles. The highest BCUT2D eigenvalue weighted by molar-refractivity contribution is 5.79. The van der Waals surface area contributed by atoms with Crippen molar-refractivity contribution in [2.75, 3.05) is 19.6 Å². The molecule has 0 aliphatic carbocycles. The van der Waals surface area contributed by atoms with Gasteiger partial charge in [-0.1, -0.05) is 12.1 Å². The van der Waals surface area contributed by atoms with Crippen molar-refractivity contribution in [2.24, 2.45) is 5.73 Å². The summed E-state index contributed by atoms with van der Waals surface area (Å²) in [7, 11) is 0. The number of ether oxygens (including phenoxy) is 1. The van der Waals surface area contributed by atoms with Gasteiger partial charge in [-0.15, -0.1) is 0 Å². The fourth-order valence-electron chi connectivity index (χ4n) is 2.88. The van der Waals surface area contributed by atoms with Crippen molar-refractivity contribution in [3.8, 4) is 0 Å². The smallest absolute Gasteiger partial charge is 0.384 e. The fraction of sp³-hybridized carbons (Fsp3) is 0.562. The molecule has 24 heavy (non-hydrogen) atoms. The Kier molecular flexibility index (Phi) is 5.22. The number of hydrogen-bond acceptors (Lipinski definition) is 4. The Bertz CT molecular complexity index is 604. The Morgan fingerprint density at radius 1 is 1.38 bits per heavy atom. The van der Waals surface area contributed by atoms with Gasteiger partial charge >= 0.3 is 6.18 Å². The van der Waals surface area contributed by atoms with Crippen molar-refractivity contribution in [1.82, 2.24) is 4.90 Å². The van der Waals surface area contributed by atoms with Crippen LogP contribution in [0, 0.1) is 0 Å². The molecule has 1 heterocycles. The lowest BCUT2D eigenvalue weighted by molar-refractivity contribution is -0.145. The Hall–Kier alpha value is -1.64. The molecule has 1 aromatic rings. The zero-order valence-electron chi connectivity index (χ0n) is 13.5. The number of morpholine rings is 1. The molecule has 8 heteroatoms. The van der Waals surface area contributed by atoms with Gasteiger partial charge in [-0.3, -0.25) is 9.69 Å². The molecule has 0 saturated carbocycles. The molecule has 1 aliphatic rings. The van der Waals surface area contributed by atoms with Crippen molar-refractivity contribution in [3.05, 3.63) is 35.4 Å². The molecule has 2 rings (SSSR count). The number of halogens is 3. The molecule has 5 nitrogen and oxygen atoms in total. The summed E-state index contributed by atoms with van der Waals surface area (Å²) in [6.45, 7) is 3.91. The monoisotopic (exact) mass is 346 g/mol. The topological polar surface area (TPSA) is 75.8 Å². The lowest BCUT2D eigenvalue weighted by Gasteiger charge is -2.39. The summed E-state index contributed by atoms with van der Waals surface area (Å²) in [5.74, 6) is -0.606. The van der Waals surface area contributed by atoms with E-state index in [9.17, 15) is 23.1 Å². The van der Waals surface area contributed by atoms with Gasteiger partial charge in [0.1, 0.15) is 6.10 Å². The highest BCUT2D eigenvalue weighted by Gasteiger charge is 2.36. The number of amides is 1. The third kappa shape index (κ3) is 4.46. The Morgan fingerprint density at radius 3 is 2.58 bits per heavy atom. The molecular weight excluding hydrogens is 325 g/mol. The van der Waals surface area contributed by atoms with Crippen LogP contribution in [0.3, 0.4) is 0 Å². The van der Waals surface area contributed by atoms with Crippen LogP contribution in [0.2, 0.25) is 0 Å². The molecule has 1 saturated heterocycles. The molecule has 3 atom stereocenters. The number of benzene rings is 1. The standard InChI is InChI=1S/C16H21F3N2O3/c1-10-7-21(8-13(24-10)14(20)22)9-15(2,23)11-4-3-5-12(6-11)16(17,18)19/h3-6,10,13,23H,7-9H2,1-2H3,(H2,20,22)/t10-,13?,15?/m1/s1. The van der Waals surface area contributed by atoms with Gasteiger partial charge in [0, 0.05) is 19.6 Å². The summed E-state index contributed by atoms with van der Waals surface area (Å²) in [6.07, 6.45) is -5.55. The first-order valence-electron chi connectivity index (χ1n) is 7.56. The molecule has 0 bridgehead atoms. The Balaban J connectivity index is 2.17. The molecule has 1 amide bonds. The minimum absolute atomic E-state index is 0.0613. The molecule has 1 fully saturated rings. The zero-order chi connectivity index (χ0) is 18.1. The van der Waals surface area contributed by atoms with Crippen LogP contribution in [-0.4, -0.2) is 47.8 Å². The van der Waals surface area contributed by atoms with Gasteiger partial charge in [0.05, 0.1) is 17.3 Å². The van der Waals surface area contributed by atoms with E-state index < -0.39 is 29.4 Å². The van der Waals surface area contributed by atoms with Crippen molar-refractivity contribution < 1.29 is 27.8 Å². The lowest BCUT2D eigenvalue weighted by atomic mass is 9.93. The van der Waals surface area contributed by atoms with Crippen LogP contribution in [0.5, 0.6) is 0 Å². The largest absolute Gasteiger partial charge is 0.416 e. The minimum atomic E-state index is -4.48. The quantitative estimate of drug-likeness (QED) is 0.866. The van der Waals surface area contributed by atoms with E-state index >= 15 is 0 Å². The summed E-state index contributed by atoms with van der Waals surface area (Å²) < 4.78 is 44.0. The van der Waals surface area contributed by atoms with E-state index in [1.54, 1.807) is 11.8 Å². The number of nitrogens with zero attached hydrogens (tertiary/aromatic N) is 1. The molecule has 3 N–H and O–H groups in total. The maximum Gasteiger partial charge on any atom is 0.416 e. The van der Waals surface area contributed by atoms with Crippen LogP contribution in [0.25, 0.3) is 0 Å². The van der Waals surface area contributed by atoms with E-state index in [-0.39, 0.29) is 24.8 Å². The predicted octanol–water partition coefficient (Wildman–Crippen LogP) is 1.49. The maximum atomic E-state index is 12.8. The molecule has 1 aliphatic heterocycles. The third-order valence-electron chi connectivity index (χ3n) is 4.00. The first-order valence-corrected chi connectivity index (χ1v) is 7.56. The SMILES string of the molecule is C[C@@H]1CN(CC(C)(O)c2cccc(C(F)(F)F)c2)CC(C(N)=O)O1. The van der Waals surface area contributed by atoms with E-state index in [0.717, 1.165) is 12.1 Å². The van der Waals surface area contributed by atoms with Gasteiger partial charge < -0.3 is 15.6 Å². The van der Waals surface area contributed by atoms with E-state index in [1.807, 2.05) is 0 Å². The summed E-state index contributed by atoms with van der Waals surface area (Å²) in [5, 5.41) is 10.7. The number of primary amides is 1. The van der Waals surface area contributed by atoms with Crippen molar-refractivity contribution in [3.63, 3.8) is 0 Å². The van der Waals surface area contributed by atoms with Crippen LogP contribution in [0.1, 0.15) is 25.0 Å². The molecular formula is C16H21F3N2O3. The summed E-state index contributed by atoms with van der Waals surface area (Å²) >= 11 is 0. The van der Waals surface area contributed by atoms with Gasteiger partial charge in [-0.2, -0.15) is 13.2 Å². The van der Waals surface area contributed by atoms with Gasteiger partial charge in [-0.25, -0.2) is 0 Å². The van der Waals surface area contributed by atoms with Crippen molar-refractivity contribution >= 4 is 5.91 Å².